The lowest BCUT2D eigenvalue weighted by Crippen LogP contribution is -2.37. The first-order valence-corrected chi connectivity index (χ1v) is 8.78. The highest BCUT2D eigenvalue weighted by Crippen LogP contribution is 2.15. The second-order valence-corrected chi connectivity index (χ2v) is 6.55. The highest BCUT2D eigenvalue weighted by atomic mass is 127. The van der Waals surface area contributed by atoms with Crippen LogP contribution < -0.4 is 15.5 Å². The van der Waals surface area contributed by atoms with Crippen molar-refractivity contribution in [3.8, 4) is 0 Å². The molecule has 0 aromatic heterocycles. The predicted molar refractivity (Wildman–Crippen MR) is 105 cm³/mol. The maximum absolute atomic E-state index is 11.9. The Hall–Kier alpha value is -1.76. The molecule has 0 saturated heterocycles. The number of likely N-dealkylation sites (N-methyl/N-ethyl adjacent to an activating group) is 1. The van der Waals surface area contributed by atoms with Crippen LogP contribution in [0.2, 0.25) is 0 Å². The fourth-order valence-corrected chi connectivity index (χ4v) is 2.67. The molecule has 0 bridgehead atoms. The summed E-state index contributed by atoms with van der Waals surface area (Å²) in [5, 5.41) is 5.74. The third-order valence-corrected chi connectivity index (χ3v) is 4.24. The molecule has 0 aliphatic heterocycles. The number of hydrogen-bond acceptors (Lipinski definition) is 2. The van der Waals surface area contributed by atoms with E-state index in [4.69, 9.17) is 0 Å². The lowest BCUT2D eigenvalue weighted by Gasteiger charge is -2.23. The molecule has 2 rings (SSSR count). The standard InChI is InChI=1S/C18H22IN3O/c1-3-22(17-6-4-5-14(2)13-17)12-11-20-18(23)21-16-9-7-15(19)8-10-16/h4-10,13H,3,11-12H2,1-2H3,(H2,20,21,23). The van der Waals surface area contributed by atoms with Crippen molar-refractivity contribution in [2.45, 2.75) is 13.8 Å². The number of amides is 2. The minimum Gasteiger partial charge on any atom is -0.370 e. The Bertz CT molecular complexity index is 643. The smallest absolute Gasteiger partial charge is 0.319 e. The van der Waals surface area contributed by atoms with Gasteiger partial charge in [-0.25, -0.2) is 4.79 Å². The third kappa shape index (κ3) is 5.74. The van der Waals surface area contributed by atoms with Gasteiger partial charge in [0.1, 0.15) is 0 Å². The Kier molecular flexibility index (Phi) is 6.70. The maximum Gasteiger partial charge on any atom is 0.319 e. The van der Waals surface area contributed by atoms with Crippen molar-refractivity contribution < 1.29 is 4.79 Å². The lowest BCUT2D eigenvalue weighted by atomic mass is 10.2. The molecule has 0 radical (unpaired) electrons. The van der Waals surface area contributed by atoms with Crippen molar-refractivity contribution >= 4 is 40.0 Å². The van der Waals surface area contributed by atoms with Crippen LogP contribution in [0.25, 0.3) is 0 Å². The summed E-state index contributed by atoms with van der Waals surface area (Å²) in [5.41, 5.74) is 3.23. The van der Waals surface area contributed by atoms with E-state index in [1.807, 2.05) is 24.3 Å². The van der Waals surface area contributed by atoms with Gasteiger partial charge >= 0.3 is 6.03 Å². The Morgan fingerprint density at radius 2 is 1.91 bits per heavy atom. The summed E-state index contributed by atoms with van der Waals surface area (Å²) in [6.07, 6.45) is 0. The van der Waals surface area contributed by atoms with Gasteiger partial charge in [-0.3, -0.25) is 0 Å². The van der Waals surface area contributed by atoms with Gasteiger partial charge in [0.2, 0.25) is 0 Å². The average molecular weight is 423 g/mol. The summed E-state index contributed by atoms with van der Waals surface area (Å²) in [4.78, 5) is 14.2. The minimum atomic E-state index is -0.175. The number of urea groups is 1. The number of hydrogen-bond donors (Lipinski definition) is 2. The fourth-order valence-electron chi connectivity index (χ4n) is 2.31. The predicted octanol–water partition coefficient (Wildman–Crippen LogP) is 4.25. The van der Waals surface area contributed by atoms with E-state index < -0.39 is 0 Å². The molecule has 122 valence electrons. The maximum atomic E-state index is 11.9. The van der Waals surface area contributed by atoms with Crippen LogP contribution in [-0.4, -0.2) is 25.7 Å². The van der Waals surface area contributed by atoms with Crippen LogP contribution in [0.15, 0.2) is 48.5 Å². The number of halogens is 1. The number of nitrogens with zero attached hydrogens (tertiary/aromatic N) is 1. The zero-order valence-electron chi connectivity index (χ0n) is 13.5. The van der Waals surface area contributed by atoms with Gasteiger partial charge in [0.25, 0.3) is 0 Å². The zero-order valence-corrected chi connectivity index (χ0v) is 15.6. The van der Waals surface area contributed by atoms with E-state index in [0.29, 0.717) is 6.54 Å². The van der Waals surface area contributed by atoms with E-state index in [1.54, 1.807) is 0 Å². The lowest BCUT2D eigenvalue weighted by molar-refractivity contribution is 0.252. The number of benzene rings is 2. The highest BCUT2D eigenvalue weighted by molar-refractivity contribution is 14.1. The van der Waals surface area contributed by atoms with Crippen LogP contribution in [0.4, 0.5) is 16.2 Å². The van der Waals surface area contributed by atoms with Crippen LogP contribution in [0.5, 0.6) is 0 Å². The van der Waals surface area contributed by atoms with Crippen LogP contribution in [-0.2, 0) is 0 Å². The van der Waals surface area contributed by atoms with Gasteiger partial charge in [0.15, 0.2) is 0 Å². The Morgan fingerprint density at radius 3 is 2.57 bits per heavy atom. The van der Waals surface area contributed by atoms with E-state index in [9.17, 15) is 4.79 Å². The largest absolute Gasteiger partial charge is 0.370 e. The summed E-state index contributed by atoms with van der Waals surface area (Å²) in [7, 11) is 0. The summed E-state index contributed by atoms with van der Waals surface area (Å²) in [6, 6.07) is 16.0. The second kappa shape index (κ2) is 8.76. The summed E-state index contributed by atoms with van der Waals surface area (Å²) >= 11 is 2.24. The Balaban J connectivity index is 1.80. The molecular weight excluding hydrogens is 401 g/mol. The fraction of sp³-hybridized carbons (Fsp3) is 0.278. The molecule has 5 heteroatoms. The number of aryl methyl sites for hydroxylation is 1. The summed E-state index contributed by atoms with van der Waals surface area (Å²) in [5.74, 6) is 0. The van der Waals surface area contributed by atoms with Gasteiger partial charge in [0, 0.05) is 34.6 Å². The molecule has 0 heterocycles. The molecule has 0 aliphatic rings. The first-order chi connectivity index (χ1) is 11.1. The van der Waals surface area contributed by atoms with Gasteiger partial charge in [-0.1, -0.05) is 12.1 Å². The highest BCUT2D eigenvalue weighted by Gasteiger charge is 2.06. The summed E-state index contributed by atoms with van der Waals surface area (Å²) < 4.78 is 1.14. The third-order valence-electron chi connectivity index (χ3n) is 3.52. The van der Waals surface area contributed by atoms with Gasteiger partial charge in [-0.2, -0.15) is 0 Å². The number of rotatable bonds is 6. The first kappa shape index (κ1) is 17.6. The van der Waals surface area contributed by atoms with E-state index in [1.165, 1.54) is 11.3 Å². The first-order valence-electron chi connectivity index (χ1n) is 7.70. The second-order valence-electron chi connectivity index (χ2n) is 5.31. The SMILES string of the molecule is CCN(CCNC(=O)Nc1ccc(I)cc1)c1cccc(C)c1. The molecule has 0 fully saturated rings. The van der Waals surface area contributed by atoms with E-state index in [2.05, 4.69) is 76.2 Å². The van der Waals surface area contributed by atoms with Gasteiger partial charge in [-0.15, -0.1) is 0 Å². The van der Waals surface area contributed by atoms with E-state index >= 15 is 0 Å². The quantitative estimate of drug-likeness (QED) is 0.683. The van der Waals surface area contributed by atoms with Gasteiger partial charge in [0.05, 0.1) is 0 Å². The average Bonchev–Trinajstić information content (AvgIpc) is 2.54. The molecule has 2 amide bonds. The van der Waals surface area contributed by atoms with Crippen LogP contribution >= 0.6 is 22.6 Å². The minimum absolute atomic E-state index is 0.175. The van der Waals surface area contributed by atoms with E-state index in [0.717, 1.165) is 22.3 Å². The molecule has 0 saturated carbocycles. The zero-order chi connectivity index (χ0) is 16.7. The number of carbonyl (C=O) groups excluding carboxylic acids is 1. The number of carbonyl (C=O) groups is 1. The van der Waals surface area contributed by atoms with Crippen molar-refractivity contribution in [2.24, 2.45) is 0 Å². The van der Waals surface area contributed by atoms with Crippen molar-refractivity contribution in [1.82, 2.24) is 5.32 Å². The Labute approximate surface area is 151 Å². The molecule has 2 N–H and O–H groups in total. The van der Waals surface area contributed by atoms with Gasteiger partial charge < -0.3 is 15.5 Å². The molecular formula is C18H22IN3O. The molecule has 23 heavy (non-hydrogen) atoms. The van der Waals surface area contributed by atoms with Crippen molar-refractivity contribution in [1.29, 1.82) is 0 Å². The normalized spacial score (nSPS) is 10.2. The van der Waals surface area contributed by atoms with Crippen LogP contribution in [0.1, 0.15) is 12.5 Å². The van der Waals surface area contributed by atoms with Crippen molar-refractivity contribution in [3.05, 3.63) is 57.7 Å². The molecule has 0 atom stereocenters. The van der Waals surface area contributed by atoms with Gasteiger partial charge in [-0.05, 0) is 78.4 Å². The Morgan fingerprint density at radius 1 is 1.17 bits per heavy atom. The number of anilines is 2. The van der Waals surface area contributed by atoms with Crippen molar-refractivity contribution in [3.63, 3.8) is 0 Å². The molecule has 2 aromatic rings. The molecule has 2 aromatic carbocycles. The topological polar surface area (TPSA) is 44.4 Å². The molecule has 0 spiro atoms. The monoisotopic (exact) mass is 423 g/mol. The number of nitrogens with one attached hydrogen (secondary N) is 2. The molecule has 0 aliphatic carbocycles. The molecule has 0 unspecified atom stereocenters. The summed E-state index contributed by atoms with van der Waals surface area (Å²) in [6.45, 7) is 6.49. The van der Waals surface area contributed by atoms with E-state index in [-0.39, 0.29) is 6.03 Å². The van der Waals surface area contributed by atoms with Crippen LogP contribution in [0, 0.1) is 10.5 Å². The molecule has 4 nitrogen and oxygen atoms in total. The van der Waals surface area contributed by atoms with Crippen molar-refractivity contribution in [2.75, 3.05) is 29.9 Å². The van der Waals surface area contributed by atoms with Crippen LogP contribution in [0.3, 0.4) is 0 Å².